The van der Waals surface area contributed by atoms with Crippen LogP contribution < -0.4 is 10.2 Å². The maximum absolute atomic E-state index is 12.1. The third kappa shape index (κ3) is 3.76. The molecule has 1 aromatic heterocycles. The minimum absolute atomic E-state index is 0.00208. The number of hydrogen-bond acceptors (Lipinski definition) is 6. The van der Waals surface area contributed by atoms with Gasteiger partial charge in [0.1, 0.15) is 12.0 Å². The van der Waals surface area contributed by atoms with Gasteiger partial charge in [-0.3, -0.25) is 19.8 Å². The Labute approximate surface area is 134 Å². The van der Waals surface area contributed by atoms with E-state index in [0.29, 0.717) is 6.04 Å². The van der Waals surface area contributed by atoms with Crippen molar-refractivity contribution in [3.05, 3.63) is 28.4 Å². The maximum Gasteiger partial charge on any atom is 0.287 e. The first-order chi connectivity index (χ1) is 11.0. The molecule has 8 heteroatoms. The zero-order valence-electron chi connectivity index (χ0n) is 13.1. The van der Waals surface area contributed by atoms with Crippen LogP contribution in [0.3, 0.4) is 0 Å². The van der Waals surface area contributed by atoms with E-state index in [0.717, 1.165) is 44.8 Å². The Bertz CT molecular complexity index is 579. The molecule has 1 N–H and O–H groups in total. The van der Waals surface area contributed by atoms with E-state index in [1.807, 2.05) is 6.92 Å². The summed E-state index contributed by atoms with van der Waals surface area (Å²) in [5.41, 5.74) is -0.00208. The molecule has 1 aromatic rings. The molecule has 1 saturated carbocycles. The van der Waals surface area contributed by atoms with Gasteiger partial charge in [0.25, 0.3) is 5.69 Å². The molecule has 0 aromatic carbocycles. The minimum Gasteiger partial charge on any atom is -0.354 e. The number of nitrogens with zero attached hydrogens (tertiary/aromatic N) is 4. The number of amides is 1. The summed E-state index contributed by atoms with van der Waals surface area (Å²) in [6.07, 6.45) is 3.48. The van der Waals surface area contributed by atoms with Crippen LogP contribution in [0.2, 0.25) is 0 Å². The molecule has 2 heterocycles. The fraction of sp³-hybridized carbons (Fsp3) is 0.600. The summed E-state index contributed by atoms with van der Waals surface area (Å²) in [5, 5.41) is 13.7. The number of carbonyl (C=O) groups is 1. The number of aromatic nitrogens is 1. The lowest BCUT2D eigenvalue weighted by Crippen LogP contribution is -2.54. The van der Waals surface area contributed by atoms with Crippen LogP contribution in [0, 0.1) is 10.1 Å². The second-order valence-corrected chi connectivity index (χ2v) is 6.11. The SMILES string of the molecule is CC(C(=O)NC1CC1)N1CCN(c2ccc([N+](=O)[O-])cn2)CC1. The largest absolute Gasteiger partial charge is 0.354 e. The molecule has 1 amide bonds. The molecule has 124 valence electrons. The summed E-state index contributed by atoms with van der Waals surface area (Å²) in [5.74, 6) is 0.847. The first-order valence-electron chi connectivity index (χ1n) is 7.94. The molecule has 1 aliphatic carbocycles. The Morgan fingerprint density at radius 1 is 1.35 bits per heavy atom. The summed E-state index contributed by atoms with van der Waals surface area (Å²) in [7, 11) is 0. The van der Waals surface area contributed by atoms with Crippen LogP contribution in [0.4, 0.5) is 11.5 Å². The Morgan fingerprint density at radius 3 is 2.57 bits per heavy atom. The van der Waals surface area contributed by atoms with Gasteiger partial charge < -0.3 is 10.2 Å². The first-order valence-corrected chi connectivity index (χ1v) is 7.94. The van der Waals surface area contributed by atoms with Gasteiger partial charge in [-0.2, -0.15) is 0 Å². The summed E-state index contributed by atoms with van der Waals surface area (Å²) >= 11 is 0. The average molecular weight is 319 g/mol. The van der Waals surface area contributed by atoms with E-state index in [4.69, 9.17) is 0 Å². The third-order valence-electron chi connectivity index (χ3n) is 4.43. The highest BCUT2D eigenvalue weighted by atomic mass is 16.6. The van der Waals surface area contributed by atoms with Crippen LogP contribution >= 0.6 is 0 Å². The molecule has 23 heavy (non-hydrogen) atoms. The minimum atomic E-state index is -0.450. The number of nitrogens with one attached hydrogen (secondary N) is 1. The Balaban J connectivity index is 1.53. The van der Waals surface area contributed by atoms with Gasteiger partial charge in [-0.15, -0.1) is 0 Å². The molecule has 1 unspecified atom stereocenters. The molecule has 1 aliphatic heterocycles. The van der Waals surface area contributed by atoms with Crippen LogP contribution in [-0.4, -0.2) is 59.0 Å². The highest BCUT2D eigenvalue weighted by Crippen LogP contribution is 2.20. The monoisotopic (exact) mass is 319 g/mol. The number of rotatable bonds is 5. The summed E-state index contributed by atoms with van der Waals surface area (Å²) in [6.45, 7) is 5.01. The number of piperazine rings is 1. The second-order valence-electron chi connectivity index (χ2n) is 6.11. The predicted molar refractivity (Wildman–Crippen MR) is 85.3 cm³/mol. The van der Waals surface area contributed by atoms with Crippen molar-refractivity contribution < 1.29 is 9.72 Å². The fourth-order valence-corrected chi connectivity index (χ4v) is 2.73. The van der Waals surface area contributed by atoms with Crippen LogP contribution in [0.15, 0.2) is 18.3 Å². The normalized spacial score (nSPS) is 20.1. The first kappa shape index (κ1) is 15.7. The second kappa shape index (κ2) is 6.49. The van der Waals surface area contributed by atoms with Gasteiger partial charge in [0.05, 0.1) is 11.0 Å². The Morgan fingerprint density at radius 2 is 2.04 bits per heavy atom. The van der Waals surface area contributed by atoms with Crippen molar-refractivity contribution in [1.29, 1.82) is 0 Å². The van der Waals surface area contributed by atoms with Crippen molar-refractivity contribution in [1.82, 2.24) is 15.2 Å². The van der Waals surface area contributed by atoms with Crippen molar-refractivity contribution >= 4 is 17.4 Å². The Hall–Kier alpha value is -2.22. The Kier molecular flexibility index (Phi) is 4.42. The molecule has 1 saturated heterocycles. The van der Waals surface area contributed by atoms with Gasteiger partial charge in [0.15, 0.2) is 0 Å². The zero-order valence-corrected chi connectivity index (χ0v) is 13.1. The third-order valence-corrected chi connectivity index (χ3v) is 4.43. The summed E-state index contributed by atoms with van der Waals surface area (Å²) in [4.78, 5) is 30.7. The van der Waals surface area contributed by atoms with Gasteiger partial charge in [0, 0.05) is 38.3 Å². The van der Waals surface area contributed by atoms with Crippen molar-refractivity contribution in [2.75, 3.05) is 31.1 Å². The summed E-state index contributed by atoms with van der Waals surface area (Å²) in [6, 6.07) is 3.41. The predicted octanol–water partition coefficient (Wildman–Crippen LogP) is 0.779. The van der Waals surface area contributed by atoms with E-state index < -0.39 is 4.92 Å². The van der Waals surface area contributed by atoms with E-state index in [9.17, 15) is 14.9 Å². The van der Waals surface area contributed by atoms with Crippen LogP contribution in [0.1, 0.15) is 19.8 Å². The smallest absolute Gasteiger partial charge is 0.287 e. The van der Waals surface area contributed by atoms with Crippen molar-refractivity contribution in [3.8, 4) is 0 Å². The molecule has 2 fully saturated rings. The number of anilines is 1. The van der Waals surface area contributed by atoms with Gasteiger partial charge in [-0.05, 0) is 25.8 Å². The quantitative estimate of drug-likeness (QED) is 0.637. The van der Waals surface area contributed by atoms with Crippen LogP contribution in [0.5, 0.6) is 0 Å². The van der Waals surface area contributed by atoms with Crippen molar-refractivity contribution in [2.45, 2.75) is 31.8 Å². The molecular weight excluding hydrogens is 298 g/mol. The zero-order chi connectivity index (χ0) is 16.4. The van der Waals surface area contributed by atoms with Gasteiger partial charge in [0.2, 0.25) is 5.91 Å². The fourth-order valence-electron chi connectivity index (χ4n) is 2.73. The number of pyridine rings is 1. The van der Waals surface area contributed by atoms with Crippen LogP contribution in [0.25, 0.3) is 0 Å². The van der Waals surface area contributed by atoms with Crippen molar-refractivity contribution in [2.24, 2.45) is 0 Å². The van der Waals surface area contributed by atoms with Gasteiger partial charge >= 0.3 is 0 Å². The van der Waals surface area contributed by atoms with Gasteiger partial charge in [-0.1, -0.05) is 0 Å². The number of nitro groups is 1. The topological polar surface area (TPSA) is 91.6 Å². The van der Waals surface area contributed by atoms with Crippen LogP contribution in [-0.2, 0) is 4.79 Å². The van der Waals surface area contributed by atoms with E-state index in [-0.39, 0.29) is 17.6 Å². The van der Waals surface area contributed by atoms with E-state index >= 15 is 0 Å². The lowest BCUT2D eigenvalue weighted by Gasteiger charge is -2.37. The molecule has 0 spiro atoms. The molecule has 3 rings (SSSR count). The lowest BCUT2D eigenvalue weighted by atomic mass is 10.2. The molecule has 8 nitrogen and oxygen atoms in total. The maximum atomic E-state index is 12.1. The number of carbonyl (C=O) groups excluding carboxylic acids is 1. The van der Waals surface area contributed by atoms with E-state index in [2.05, 4.69) is 20.1 Å². The number of hydrogen-bond donors (Lipinski definition) is 1. The van der Waals surface area contributed by atoms with Crippen molar-refractivity contribution in [3.63, 3.8) is 0 Å². The molecule has 1 atom stereocenters. The highest BCUT2D eigenvalue weighted by molar-refractivity contribution is 5.81. The summed E-state index contributed by atoms with van der Waals surface area (Å²) < 4.78 is 0. The highest BCUT2D eigenvalue weighted by Gasteiger charge is 2.30. The van der Waals surface area contributed by atoms with E-state index in [1.54, 1.807) is 6.07 Å². The lowest BCUT2D eigenvalue weighted by molar-refractivity contribution is -0.385. The molecular formula is C15H21N5O3. The molecule has 2 aliphatic rings. The van der Waals surface area contributed by atoms with E-state index in [1.165, 1.54) is 12.3 Å². The molecule has 0 bridgehead atoms. The van der Waals surface area contributed by atoms with Gasteiger partial charge in [-0.25, -0.2) is 4.98 Å². The molecule has 0 radical (unpaired) electrons. The average Bonchev–Trinajstić information content (AvgIpc) is 3.38. The standard InChI is InChI=1S/C15H21N5O3/c1-11(15(21)17-12-2-3-12)18-6-8-19(9-7-18)14-5-4-13(10-16-14)20(22)23/h4-5,10-12H,2-3,6-9H2,1H3,(H,17,21).